The Labute approximate surface area is 117 Å². The molecule has 0 saturated carbocycles. The van der Waals surface area contributed by atoms with Gasteiger partial charge >= 0.3 is 0 Å². The number of amides is 1. The number of nitrogens with one attached hydrogen (secondary N) is 1. The van der Waals surface area contributed by atoms with Gasteiger partial charge in [-0.3, -0.25) is 4.79 Å². The van der Waals surface area contributed by atoms with Crippen LogP contribution >= 0.6 is 38.9 Å². The minimum Gasteiger partial charge on any atom is -0.317 e. The monoisotopic (exact) mass is 353 g/mol. The third kappa shape index (κ3) is 2.82. The minimum absolute atomic E-state index is 0.0306. The van der Waals surface area contributed by atoms with Gasteiger partial charge < -0.3 is 5.32 Å². The average molecular weight is 355 g/mol. The molecule has 0 fully saturated rings. The molecule has 0 aliphatic carbocycles. The summed E-state index contributed by atoms with van der Waals surface area (Å²) in [4.78, 5) is 11.6. The summed E-state index contributed by atoms with van der Waals surface area (Å²) in [6.45, 7) is 0. The second-order valence-corrected chi connectivity index (χ2v) is 5.47. The van der Waals surface area contributed by atoms with Crippen LogP contribution in [-0.2, 0) is 0 Å². The van der Waals surface area contributed by atoms with E-state index in [1.807, 2.05) is 0 Å². The van der Waals surface area contributed by atoms with Gasteiger partial charge in [0.2, 0.25) is 9.47 Å². The zero-order valence-corrected chi connectivity index (χ0v) is 11.5. The molecular formula is C9H3BrClF2N3OS. The standard InChI is InChI=1S/C9H3BrClF2N3OS/c10-3-1-5(13)6(2-4(3)12)14-7(17)8-15-16-9(11)18-8/h1-2H,(H,14,17). The van der Waals surface area contributed by atoms with Gasteiger partial charge in [-0.25, -0.2) is 8.78 Å². The highest BCUT2D eigenvalue weighted by molar-refractivity contribution is 9.10. The number of benzene rings is 1. The normalized spacial score (nSPS) is 10.4. The first kappa shape index (κ1) is 13.3. The molecule has 18 heavy (non-hydrogen) atoms. The van der Waals surface area contributed by atoms with E-state index >= 15 is 0 Å². The van der Waals surface area contributed by atoms with Crippen molar-refractivity contribution in [1.29, 1.82) is 0 Å². The molecule has 0 spiro atoms. The largest absolute Gasteiger partial charge is 0.317 e. The van der Waals surface area contributed by atoms with E-state index in [-0.39, 0.29) is 19.6 Å². The Morgan fingerprint density at radius 1 is 1.33 bits per heavy atom. The molecule has 1 aromatic heterocycles. The van der Waals surface area contributed by atoms with Gasteiger partial charge in [0.15, 0.2) is 0 Å². The lowest BCUT2D eigenvalue weighted by molar-refractivity contribution is 0.102. The van der Waals surface area contributed by atoms with E-state index in [9.17, 15) is 13.6 Å². The Balaban J connectivity index is 2.24. The van der Waals surface area contributed by atoms with Crippen molar-refractivity contribution in [3.63, 3.8) is 0 Å². The van der Waals surface area contributed by atoms with Crippen molar-refractivity contribution in [2.24, 2.45) is 0 Å². The summed E-state index contributed by atoms with van der Waals surface area (Å²) in [5.74, 6) is -2.17. The van der Waals surface area contributed by atoms with Gasteiger partial charge in [-0.15, -0.1) is 10.2 Å². The summed E-state index contributed by atoms with van der Waals surface area (Å²) in [7, 11) is 0. The van der Waals surface area contributed by atoms with E-state index in [1.54, 1.807) is 0 Å². The summed E-state index contributed by atoms with van der Waals surface area (Å²) in [5, 5.41) is 9.06. The second kappa shape index (κ2) is 5.25. The Kier molecular flexibility index (Phi) is 3.88. The summed E-state index contributed by atoms with van der Waals surface area (Å²) in [6.07, 6.45) is 0. The van der Waals surface area contributed by atoms with Crippen LogP contribution in [0.2, 0.25) is 4.47 Å². The van der Waals surface area contributed by atoms with Gasteiger partial charge in [0.25, 0.3) is 5.91 Å². The van der Waals surface area contributed by atoms with E-state index in [4.69, 9.17) is 11.6 Å². The lowest BCUT2D eigenvalue weighted by Gasteiger charge is -2.05. The van der Waals surface area contributed by atoms with Crippen molar-refractivity contribution in [1.82, 2.24) is 10.2 Å². The minimum atomic E-state index is -0.771. The maximum Gasteiger partial charge on any atom is 0.286 e. The fourth-order valence-electron chi connectivity index (χ4n) is 1.09. The molecule has 1 aromatic carbocycles. The number of hydrogen-bond acceptors (Lipinski definition) is 4. The molecule has 0 aliphatic rings. The van der Waals surface area contributed by atoms with Crippen LogP contribution in [0.3, 0.4) is 0 Å². The maximum absolute atomic E-state index is 13.4. The van der Waals surface area contributed by atoms with E-state index < -0.39 is 17.5 Å². The maximum atomic E-state index is 13.4. The van der Waals surface area contributed by atoms with Crippen molar-refractivity contribution >= 4 is 50.5 Å². The molecule has 94 valence electrons. The van der Waals surface area contributed by atoms with Crippen LogP contribution in [0, 0.1) is 11.6 Å². The summed E-state index contributed by atoms with van der Waals surface area (Å²) in [6, 6.07) is 1.78. The molecule has 9 heteroatoms. The van der Waals surface area contributed by atoms with Gasteiger partial charge in [0.05, 0.1) is 10.2 Å². The van der Waals surface area contributed by atoms with Crippen LogP contribution in [0.25, 0.3) is 0 Å². The highest BCUT2D eigenvalue weighted by Crippen LogP contribution is 2.24. The zero-order valence-electron chi connectivity index (χ0n) is 8.38. The van der Waals surface area contributed by atoms with Crippen LogP contribution in [0.4, 0.5) is 14.5 Å². The van der Waals surface area contributed by atoms with E-state index in [0.29, 0.717) is 0 Å². The molecule has 0 aliphatic heterocycles. The molecule has 1 N–H and O–H groups in total. The summed E-state index contributed by atoms with van der Waals surface area (Å²) in [5.41, 5.74) is -0.285. The fraction of sp³-hybridized carbons (Fsp3) is 0. The molecule has 0 bridgehead atoms. The number of carbonyl (C=O) groups excluding carboxylic acids is 1. The predicted molar refractivity (Wildman–Crippen MR) is 66.9 cm³/mol. The Morgan fingerprint density at radius 3 is 2.67 bits per heavy atom. The molecule has 1 amide bonds. The van der Waals surface area contributed by atoms with Gasteiger partial charge in [0, 0.05) is 6.07 Å². The van der Waals surface area contributed by atoms with E-state index in [2.05, 4.69) is 31.4 Å². The van der Waals surface area contributed by atoms with Gasteiger partial charge in [-0.1, -0.05) is 11.3 Å². The van der Waals surface area contributed by atoms with Crippen molar-refractivity contribution in [2.75, 3.05) is 5.32 Å². The molecule has 0 unspecified atom stereocenters. The smallest absolute Gasteiger partial charge is 0.286 e. The Bertz CT molecular complexity index is 622. The zero-order chi connectivity index (χ0) is 13.3. The number of halogens is 4. The average Bonchev–Trinajstić information content (AvgIpc) is 2.73. The lowest BCUT2D eigenvalue weighted by atomic mass is 10.3. The number of rotatable bonds is 2. The molecule has 0 radical (unpaired) electrons. The molecule has 2 rings (SSSR count). The highest BCUT2D eigenvalue weighted by Gasteiger charge is 2.15. The molecule has 4 nitrogen and oxygen atoms in total. The van der Waals surface area contributed by atoms with Gasteiger partial charge in [-0.2, -0.15) is 0 Å². The molecule has 0 atom stereocenters. The number of anilines is 1. The summed E-state index contributed by atoms with van der Waals surface area (Å²) >= 11 is 9.17. The van der Waals surface area contributed by atoms with Crippen molar-refractivity contribution < 1.29 is 13.6 Å². The van der Waals surface area contributed by atoms with Gasteiger partial charge in [0.1, 0.15) is 11.6 Å². The Morgan fingerprint density at radius 2 is 2.06 bits per heavy atom. The molecule has 1 heterocycles. The first-order chi connectivity index (χ1) is 8.47. The third-order valence-electron chi connectivity index (χ3n) is 1.85. The Hall–Kier alpha value is -1.12. The lowest BCUT2D eigenvalue weighted by Crippen LogP contribution is -2.13. The SMILES string of the molecule is O=C(Nc1cc(F)c(Br)cc1F)c1nnc(Cl)s1. The molecule has 0 saturated heterocycles. The number of aromatic nitrogens is 2. The summed E-state index contributed by atoms with van der Waals surface area (Å²) < 4.78 is 26.7. The van der Waals surface area contributed by atoms with Crippen molar-refractivity contribution in [3.05, 3.63) is 37.7 Å². The number of nitrogens with zero attached hydrogens (tertiary/aromatic N) is 2. The van der Waals surface area contributed by atoms with Crippen LogP contribution in [0.1, 0.15) is 9.80 Å². The highest BCUT2D eigenvalue weighted by atomic mass is 79.9. The van der Waals surface area contributed by atoms with E-state index in [0.717, 1.165) is 23.5 Å². The van der Waals surface area contributed by atoms with Crippen LogP contribution in [0.5, 0.6) is 0 Å². The second-order valence-electron chi connectivity index (χ2n) is 3.06. The quantitative estimate of drug-likeness (QED) is 0.840. The first-order valence-electron chi connectivity index (χ1n) is 4.42. The van der Waals surface area contributed by atoms with E-state index in [1.165, 1.54) is 0 Å². The molecular weight excluding hydrogens is 352 g/mol. The predicted octanol–water partition coefficient (Wildman–Crippen LogP) is 3.48. The van der Waals surface area contributed by atoms with Crippen molar-refractivity contribution in [2.45, 2.75) is 0 Å². The molecule has 2 aromatic rings. The van der Waals surface area contributed by atoms with Crippen LogP contribution in [-0.4, -0.2) is 16.1 Å². The third-order valence-corrected chi connectivity index (χ3v) is 3.48. The first-order valence-corrected chi connectivity index (χ1v) is 6.41. The van der Waals surface area contributed by atoms with Gasteiger partial charge in [-0.05, 0) is 33.6 Å². The van der Waals surface area contributed by atoms with Crippen LogP contribution < -0.4 is 5.32 Å². The number of carbonyl (C=O) groups is 1. The van der Waals surface area contributed by atoms with Crippen LogP contribution in [0.15, 0.2) is 16.6 Å². The van der Waals surface area contributed by atoms with Crippen molar-refractivity contribution in [3.8, 4) is 0 Å². The fourth-order valence-corrected chi connectivity index (χ4v) is 2.13. The topological polar surface area (TPSA) is 54.9 Å². The number of hydrogen-bond donors (Lipinski definition) is 1.